The van der Waals surface area contributed by atoms with Crippen molar-refractivity contribution >= 4 is 33.4 Å². The topological polar surface area (TPSA) is 145 Å². The van der Waals surface area contributed by atoms with Crippen LogP contribution in [-0.4, -0.2) is 26.1 Å². The minimum atomic E-state index is -4.21. The van der Waals surface area contributed by atoms with E-state index in [1.165, 1.54) is 42.5 Å². The molecule has 1 aliphatic rings. The zero-order valence-electron chi connectivity index (χ0n) is 19.9. The molecule has 36 heavy (non-hydrogen) atoms. The van der Waals surface area contributed by atoms with Crippen LogP contribution in [0.1, 0.15) is 58.7 Å². The summed E-state index contributed by atoms with van der Waals surface area (Å²) in [5.41, 5.74) is 7.58. The Bertz CT molecular complexity index is 1460. The molecule has 3 aromatic rings. The number of sulfonamides is 1. The van der Waals surface area contributed by atoms with E-state index in [2.05, 4.69) is 10.0 Å². The quantitative estimate of drug-likeness (QED) is 0.343. The zero-order valence-corrected chi connectivity index (χ0v) is 20.7. The smallest absolute Gasteiger partial charge is 0.279 e. The minimum Gasteiger partial charge on any atom is -0.476 e. The van der Waals surface area contributed by atoms with E-state index in [0.717, 1.165) is 5.56 Å². The Morgan fingerprint density at radius 2 is 1.53 bits per heavy atom. The van der Waals surface area contributed by atoms with Gasteiger partial charge in [0.05, 0.1) is 16.0 Å². The monoisotopic (exact) mass is 507 g/mol. The number of nitrogen functional groups attached to an aromatic ring is 1. The van der Waals surface area contributed by atoms with Gasteiger partial charge in [0.1, 0.15) is 5.75 Å². The first kappa shape index (κ1) is 24.9. The van der Waals surface area contributed by atoms with Crippen molar-refractivity contribution in [3.8, 4) is 5.75 Å². The molecule has 0 aromatic heterocycles. The van der Waals surface area contributed by atoms with Crippen LogP contribution in [0.4, 0.5) is 5.69 Å². The Kier molecular flexibility index (Phi) is 6.32. The molecule has 0 fully saturated rings. The van der Waals surface area contributed by atoms with Crippen LogP contribution < -0.4 is 20.5 Å². The van der Waals surface area contributed by atoms with Crippen molar-refractivity contribution < 1.29 is 27.5 Å². The Hall–Kier alpha value is -4.18. The van der Waals surface area contributed by atoms with Crippen molar-refractivity contribution in [1.82, 2.24) is 10.0 Å². The zero-order chi connectivity index (χ0) is 26.3. The molecule has 3 aromatic carbocycles. The molecule has 0 spiro atoms. The van der Waals surface area contributed by atoms with Crippen molar-refractivity contribution in [3.63, 3.8) is 0 Å². The second-order valence-corrected chi connectivity index (χ2v) is 11.1. The fourth-order valence-electron chi connectivity index (χ4n) is 3.68. The van der Waals surface area contributed by atoms with E-state index >= 15 is 0 Å². The second kappa shape index (κ2) is 9.12. The van der Waals surface area contributed by atoms with E-state index in [0.29, 0.717) is 11.3 Å². The first-order chi connectivity index (χ1) is 16.8. The number of amides is 3. The van der Waals surface area contributed by atoms with Gasteiger partial charge in [-0.25, -0.2) is 13.1 Å². The van der Waals surface area contributed by atoms with Crippen molar-refractivity contribution in [2.45, 2.75) is 37.2 Å². The average Bonchev–Trinajstić information content (AvgIpc) is 3.10. The van der Waals surface area contributed by atoms with E-state index in [9.17, 15) is 22.8 Å². The summed E-state index contributed by atoms with van der Waals surface area (Å²) in [4.78, 5) is 37.0. The summed E-state index contributed by atoms with van der Waals surface area (Å²) in [6.07, 6.45) is -1.40. The number of ether oxygens (including phenoxy) is 1. The summed E-state index contributed by atoms with van der Waals surface area (Å²) < 4.78 is 33.9. The van der Waals surface area contributed by atoms with Gasteiger partial charge in [0.2, 0.25) is 6.10 Å². The first-order valence-corrected chi connectivity index (χ1v) is 12.5. The molecule has 0 radical (unpaired) electrons. The number of imide groups is 1. The molecule has 1 unspecified atom stereocenters. The van der Waals surface area contributed by atoms with Crippen LogP contribution in [-0.2, 0) is 20.2 Å². The number of anilines is 1. The van der Waals surface area contributed by atoms with Gasteiger partial charge in [-0.15, -0.1) is 0 Å². The lowest BCUT2D eigenvalue weighted by Gasteiger charge is -2.21. The highest BCUT2D eigenvalue weighted by Crippen LogP contribution is 2.28. The molecule has 3 amide bonds. The summed E-state index contributed by atoms with van der Waals surface area (Å²) in [7, 11) is -4.21. The van der Waals surface area contributed by atoms with Gasteiger partial charge in [-0.2, -0.15) is 0 Å². The summed E-state index contributed by atoms with van der Waals surface area (Å²) >= 11 is 0. The maximum Gasteiger partial charge on any atom is 0.279 e. The first-order valence-electron chi connectivity index (χ1n) is 11.0. The Labute approximate surface area is 208 Å². The third-order valence-electron chi connectivity index (χ3n) is 5.70. The number of rotatable bonds is 6. The fourth-order valence-corrected chi connectivity index (χ4v) is 4.66. The maximum absolute atomic E-state index is 13.2. The number of benzene rings is 3. The molecule has 186 valence electrons. The van der Waals surface area contributed by atoms with Crippen LogP contribution in [0.15, 0.2) is 71.6 Å². The highest BCUT2D eigenvalue weighted by molar-refractivity contribution is 7.90. The Morgan fingerprint density at radius 1 is 0.917 bits per heavy atom. The lowest BCUT2D eigenvalue weighted by atomic mass is 9.87. The van der Waals surface area contributed by atoms with Crippen LogP contribution in [0.5, 0.6) is 5.75 Å². The van der Waals surface area contributed by atoms with Gasteiger partial charge in [0.15, 0.2) is 0 Å². The summed E-state index contributed by atoms with van der Waals surface area (Å²) in [5, 5.41) is 2.18. The molecule has 4 N–H and O–H groups in total. The SMILES string of the molecule is CC(C)(C)c1ccc(S(=O)(=O)NC(=O)C(Oc2ccc3c(c2)C(=O)NC3=O)c2ccc(N)cc2)cc1. The number of nitrogens with two attached hydrogens (primary N) is 1. The molecule has 1 heterocycles. The van der Waals surface area contributed by atoms with E-state index in [1.54, 1.807) is 24.3 Å². The molecule has 1 atom stereocenters. The predicted octanol–water partition coefficient (Wildman–Crippen LogP) is 3.08. The van der Waals surface area contributed by atoms with Crippen LogP contribution in [0, 0.1) is 0 Å². The molecule has 0 saturated heterocycles. The molecule has 0 bridgehead atoms. The predicted molar refractivity (Wildman–Crippen MR) is 133 cm³/mol. The number of carbonyl (C=O) groups is 3. The van der Waals surface area contributed by atoms with Crippen LogP contribution in [0.25, 0.3) is 0 Å². The van der Waals surface area contributed by atoms with Crippen molar-refractivity contribution in [2.24, 2.45) is 0 Å². The molecular weight excluding hydrogens is 482 g/mol. The molecule has 0 aliphatic carbocycles. The van der Waals surface area contributed by atoms with Crippen molar-refractivity contribution in [1.29, 1.82) is 0 Å². The average molecular weight is 508 g/mol. The summed E-state index contributed by atoms with van der Waals surface area (Å²) in [6.45, 7) is 6.02. The molecular formula is C26H25N3O6S. The minimum absolute atomic E-state index is 0.0763. The van der Waals surface area contributed by atoms with Crippen molar-refractivity contribution in [3.05, 3.63) is 89.0 Å². The number of fused-ring (bicyclic) bond motifs is 1. The van der Waals surface area contributed by atoms with E-state index < -0.39 is 33.8 Å². The largest absolute Gasteiger partial charge is 0.476 e. The van der Waals surface area contributed by atoms with Gasteiger partial charge in [0, 0.05) is 11.3 Å². The van der Waals surface area contributed by atoms with Gasteiger partial charge in [-0.3, -0.25) is 19.7 Å². The molecule has 4 rings (SSSR count). The van der Waals surface area contributed by atoms with E-state index in [-0.39, 0.29) is 27.2 Å². The Morgan fingerprint density at radius 3 is 2.14 bits per heavy atom. The van der Waals surface area contributed by atoms with Gasteiger partial charge in [-0.1, -0.05) is 45.0 Å². The van der Waals surface area contributed by atoms with E-state index in [4.69, 9.17) is 10.5 Å². The molecule has 1 aliphatic heterocycles. The number of carbonyl (C=O) groups excluding carboxylic acids is 3. The molecule has 10 heteroatoms. The third kappa shape index (κ3) is 5.08. The Balaban J connectivity index is 1.63. The standard InChI is InChI=1S/C26H25N3O6S/c1-26(2,3)16-6-11-19(12-7-16)36(33,34)29-25(32)22(15-4-8-17(27)9-5-15)35-18-10-13-20-21(14-18)24(31)28-23(20)30/h4-14,22H,27H2,1-3H3,(H,29,32)(H,28,30,31). The van der Waals surface area contributed by atoms with E-state index in [1.807, 2.05) is 20.8 Å². The summed E-state index contributed by atoms with van der Waals surface area (Å²) in [5.74, 6) is -1.96. The third-order valence-corrected chi connectivity index (χ3v) is 7.07. The highest BCUT2D eigenvalue weighted by atomic mass is 32.2. The molecule has 0 saturated carbocycles. The van der Waals surface area contributed by atoms with Crippen molar-refractivity contribution in [2.75, 3.05) is 5.73 Å². The normalized spacial score (nSPS) is 14.1. The number of hydrogen-bond acceptors (Lipinski definition) is 7. The van der Waals surface area contributed by atoms with Crippen LogP contribution in [0.3, 0.4) is 0 Å². The number of hydrogen-bond donors (Lipinski definition) is 3. The van der Waals surface area contributed by atoms with Crippen LogP contribution >= 0.6 is 0 Å². The lowest BCUT2D eigenvalue weighted by Crippen LogP contribution is -2.37. The van der Waals surface area contributed by atoms with Gasteiger partial charge >= 0.3 is 0 Å². The maximum atomic E-state index is 13.2. The van der Waals surface area contributed by atoms with Gasteiger partial charge in [0.25, 0.3) is 27.7 Å². The summed E-state index contributed by atoms with van der Waals surface area (Å²) in [6, 6.07) is 16.6. The highest BCUT2D eigenvalue weighted by Gasteiger charge is 2.31. The fraction of sp³-hybridized carbons (Fsp3) is 0.192. The lowest BCUT2D eigenvalue weighted by molar-refractivity contribution is -0.126. The number of nitrogens with one attached hydrogen (secondary N) is 2. The molecule has 9 nitrogen and oxygen atoms in total. The van der Waals surface area contributed by atoms with Crippen LogP contribution in [0.2, 0.25) is 0 Å². The van der Waals surface area contributed by atoms with Gasteiger partial charge < -0.3 is 10.5 Å². The van der Waals surface area contributed by atoms with Gasteiger partial charge in [-0.05, 0) is 53.4 Å². The second-order valence-electron chi connectivity index (χ2n) is 9.40.